The second-order valence-corrected chi connectivity index (χ2v) is 4.54. The van der Waals surface area contributed by atoms with Crippen LogP contribution in [-0.4, -0.2) is 47.8 Å². The number of aliphatic carboxylic acids is 1. The van der Waals surface area contributed by atoms with Gasteiger partial charge in [0.25, 0.3) is 5.91 Å². The number of aliphatic hydroxyl groups is 1. The van der Waals surface area contributed by atoms with Gasteiger partial charge in [0.15, 0.2) is 6.04 Å². The predicted molar refractivity (Wildman–Crippen MR) is 74.6 cm³/mol. The molecule has 1 rings (SSSR count). The molecule has 0 saturated heterocycles. The Morgan fingerprint density at radius 2 is 1.95 bits per heavy atom. The van der Waals surface area contributed by atoms with Crippen molar-refractivity contribution >= 4 is 11.9 Å². The highest BCUT2D eigenvalue weighted by molar-refractivity contribution is 5.98. The van der Waals surface area contributed by atoms with Crippen molar-refractivity contribution in [2.24, 2.45) is 0 Å². The van der Waals surface area contributed by atoms with Gasteiger partial charge < -0.3 is 20.8 Å². The average molecular weight is 280 g/mol. The number of nitrogens with one attached hydrogen (secondary N) is 2. The van der Waals surface area contributed by atoms with Crippen LogP contribution in [0.3, 0.4) is 0 Å². The summed E-state index contributed by atoms with van der Waals surface area (Å²) in [4.78, 5) is 23.1. The van der Waals surface area contributed by atoms with Crippen LogP contribution in [0.15, 0.2) is 24.3 Å². The Balaban J connectivity index is 2.88. The van der Waals surface area contributed by atoms with Gasteiger partial charge in [0.05, 0.1) is 6.10 Å². The smallest absolute Gasteiger partial charge is 0.328 e. The average Bonchev–Trinajstić information content (AvgIpc) is 2.41. The first kappa shape index (κ1) is 16.1. The summed E-state index contributed by atoms with van der Waals surface area (Å²) in [6.07, 6.45) is -0.507. The second kappa shape index (κ2) is 7.62. The quantitative estimate of drug-likeness (QED) is 0.564. The predicted octanol–water partition coefficient (Wildman–Crippen LogP) is 0.0123. The zero-order chi connectivity index (χ0) is 15.1. The first-order chi connectivity index (χ1) is 9.47. The van der Waals surface area contributed by atoms with E-state index >= 15 is 0 Å². The molecule has 1 aromatic carbocycles. The molecule has 1 aromatic rings. The van der Waals surface area contributed by atoms with E-state index in [1.165, 1.54) is 6.92 Å². The van der Waals surface area contributed by atoms with Gasteiger partial charge in [-0.15, -0.1) is 0 Å². The lowest BCUT2D eigenvalue weighted by Crippen LogP contribution is -2.47. The SMILES string of the molecule is CNCCc1ccccc1C(=O)N[C@H](C(=O)O)[C@@H](C)O. The molecule has 0 bridgehead atoms. The van der Waals surface area contributed by atoms with Gasteiger partial charge >= 0.3 is 5.97 Å². The number of carboxylic acid groups (broad SMARTS) is 1. The van der Waals surface area contributed by atoms with Gasteiger partial charge in [-0.3, -0.25) is 4.79 Å². The fourth-order valence-electron chi connectivity index (χ4n) is 1.83. The molecular formula is C14H20N2O4. The Kier molecular flexibility index (Phi) is 6.14. The summed E-state index contributed by atoms with van der Waals surface area (Å²) in [5, 5.41) is 23.7. The molecule has 6 nitrogen and oxygen atoms in total. The van der Waals surface area contributed by atoms with Crippen LogP contribution in [-0.2, 0) is 11.2 Å². The Labute approximate surface area is 117 Å². The van der Waals surface area contributed by atoms with Crippen molar-refractivity contribution in [3.8, 4) is 0 Å². The van der Waals surface area contributed by atoms with Gasteiger partial charge in [0.2, 0.25) is 0 Å². The molecule has 0 aliphatic rings. The van der Waals surface area contributed by atoms with Crippen molar-refractivity contribution in [1.82, 2.24) is 10.6 Å². The maximum absolute atomic E-state index is 12.1. The standard InChI is InChI=1S/C14H20N2O4/c1-9(17)12(14(19)20)16-13(18)11-6-4-3-5-10(11)7-8-15-2/h3-6,9,12,15,17H,7-8H2,1-2H3,(H,16,18)(H,19,20)/t9-,12+/m1/s1. The van der Waals surface area contributed by atoms with Crippen molar-refractivity contribution in [1.29, 1.82) is 0 Å². The number of hydrogen-bond donors (Lipinski definition) is 4. The van der Waals surface area contributed by atoms with Crippen molar-refractivity contribution in [3.05, 3.63) is 35.4 Å². The molecule has 0 aliphatic carbocycles. The summed E-state index contributed by atoms with van der Waals surface area (Å²) < 4.78 is 0. The minimum atomic E-state index is -1.32. The fourth-order valence-corrected chi connectivity index (χ4v) is 1.83. The molecule has 0 aliphatic heterocycles. The monoisotopic (exact) mass is 280 g/mol. The lowest BCUT2D eigenvalue weighted by molar-refractivity contribution is -0.141. The van der Waals surface area contributed by atoms with Crippen molar-refractivity contribution in [2.75, 3.05) is 13.6 Å². The van der Waals surface area contributed by atoms with Crippen LogP contribution >= 0.6 is 0 Å². The number of rotatable bonds is 7. The molecule has 1 amide bonds. The van der Waals surface area contributed by atoms with Crippen LogP contribution in [0.4, 0.5) is 0 Å². The number of amides is 1. The van der Waals surface area contributed by atoms with Crippen molar-refractivity contribution in [3.63, 3.8) is 0 Å². The molecule has 20 heavy (non-hydrogen) atoms. The molecule has 2 atom stereocenters. The summed E-state index contributed by atoms with van der Waals surface area (Å²) in [5.74, 6) is -1.76. The van der Waals surface area contributed by atoms with Crippen LogP contribution in [0.25, 0.3) is 0 Å². The third kappa shape index (κ3) is 4.32. The zero-order valence-electron chi connectivity index (χ0n) is 11.6. The molecule has 0 unspecified atom stereocenters. The maximum Gasteiger partial charge on any atom is 0.328 e. The number of benzene rings is 1. The van der Waals surface area contributed by atoms with Gasteiger partial charge in [0.1, 0.15) is 0 Å². The van der Waals surface area contributed by atoms with Gasteiger partial charge in [-0.05, 0) is 38.6 Å². The fraction of sp³-hybridized carbons (Fsp3) is 0.429. The highest BCUT2D eigenvalue weighted by atomic mass is 16.4. The Morgan fingerprint density at radius 3 is 2.50 bits per heavy atom. The first-order valence-corrected chi connectivity index (χ1v) is 6.41. The van der Waals surface area contributed by atoms with E-state index in [1.807, 2.05) is 19.2 Å². The maximum atomic E-state index is 12.1. The molecule has 0 saturated carbocycles. The molecular weight excluding hydrogens is 260 g/mol. The van der Waals surface area contributed by atoms with Crippen molar-refractivity contribution < 1.29 is 19.8 Å². The van der Waals surface area contributed by atoms with Crippen LogP contribution in [0.2, 0.25) is 0 Å². The van der Waals surface area contributed by atoms with E-state index < -0.39 is 24.0 Å². The van der Waals surface area contributed by atoms with Gasteiger partial charge in [-0.1, -0.05) is 18.2 Å². The lowest BCUT2D eigenvalue weighted by Gasteiger charge is -2.18. The van der Waals surface area contributed by atoms with E-state index in [1.54, 1.807) is 12.1 Å². The van der Waals surface area contributed by atoms with E-state index in [-0.39, 0.29) is 0 Å². The number of likely N-dealkylation sites (N-methyl/N-ethyl adjacent to an activating group) is 1. The highest BCUT2D eigenvalue weighted by Crippen LogP contribution is 2.10. The minimum Gasteiger partial charge on any atom is -0.480 e. The summed E-state index contributed by atoms with van der Waals surface area (Å²) >= 11 is 0. The molecule has 0 radical (unpaired) electrons. The van der Waals surface area contributed by atoms with Gasteiger partial charge in [-0.25, -0.2) is 4.79 Å². The topological polar surface area (TPSA) is 98.7 Å². The lowest BCUT2D eigenvalue weighted by atomic mass is 10.0. The van der Waals surface area contributed by atoms with Crippen LogP contribution in [0.1, 0.15) is 22.8 Å². The molecule has 110 valence electrons. The normalized spacial score (nSPS) is 13.6. The summed E-state index contributed by atoms with van der Waals surface area (Å²) in [6.45, 7) is 2.04. The largest absolute Gasteiger partial charge is 0.480 e. The van der Waals surface area contributed by atoms with Gasteiger partial charge in [-0.2, -0.15) is 0 Å². The molecule has 6 heteroatoms. The molecule has 0 aromatic heterocycles. The number of carboxylic acids is 1. The molecule has 4 N–H and O–H groups in total. The molecule has 0 heterocycles. The Hall–Kier alpha value is -1.92. The van der Waals surface area contributed by atoms with E-state index in [9.17, 15) is 14.7 Å². The third-order valence-electron chi connectivity index (χ3n) is 2.94. The van der Waals surface area contributed by atoms with Gasteiger partial charge in [0, 0.05) is 5.56 Å². The highest BCUT2D eigenvalue weighted by Gasteiger charge is 2.26. The third-order valence-corrected chi connectivity index (χ3v) is 2.94. The number of carbonyl (C=O) groups excluding carboxylic acids is 1. The Morgan fingerprint density at radius 1 is 1.30 bits per heavy atom. The number of hydrogen-bond acceptors (Lipinski definition) is 4. The molecule has 0 fully saturated rings. The second-order valence-electron chi connectivity index (χ2n) is 4.54. The number of carbonyl (C=O) groups is 2. The number of aliphatic hydroxyl groups excluding tert-OH is 1. The summed E-state index contributed by atoms with van der Waals surface area (Å²) in [5.41, 5.74) is 1.25. The van der Waals surface area contributed by atoms with Crippen LogP contribution in [0.5, 0.6) is 0 Å². The summed E-state index contributed by atoms with van der Waals surface area (Å²) in [7, 11) is 1.82. The van der Waals surface area contributed by atoms with E-state index in [4.69, 9.17) is 5.11 Å². The summed E-state index contributed by atoms with van der Waals surface area (Å²) in [6, 6.07) is 5.69. The first-order valence-electron chi connectivity index (χ1n) is 6.41. The van der Waals surface area contributed by atoms with E-state index in [0.29, 0.717) is 18.5 Å². The van der Waals surface area contributed by atoms with Crippen LogP contribution < -0.4 is 10.6 Å². The van der Waals surface area contributed by atoms with E-state index in [2.05, 4.69) is 10.6 Å². The zero-order valence-corrected chi connectivity index (χ0v) is 11.6. The van der Waals surface area contributed by atoms with Crippen LogP contribution in [0, 0.1) is 0 Å². The minimum absolute atomic E-state index is 0.426. The Bertz CT molecular complexity index is 474. The van der Waals surface area contributed by atoms with Crippen molar-refractivity contribution in [2.45, 2.75) is 25.5 Å². The van der Waals surface area contributed by atoms with E-state index in [0.717, 1.165) is 5.56 Å². The molecule has 0 spiro atoms.